The largest absolute Gasteiger partial charge is 0.372 e. The first-order valence-electron chi connectivity index (χ1n) is 7.97. The van der Waals surface area contributed by atoms with E-state index in [0.29, 0.717) is 6.54 Å². The van der Waals surface area contributed by atoms with Crippen LogP contribution in [0.1, 0.15) is 19.4 Å². The molecule has 0 aliphatic heterocycles. The molecule has 1 aromatic heterocycles. The van der Waals surface area contributed by atoms with Crippen molar-refractivity contribution in [3.63, 3.8) is 0 Å². The number of pyridine rings is 1. The monoisotopic (exact) mass is 312 g/mol. The van der Waals surface area contributed by atoms with Crippen molar-refractivity contribution in [3.05, 3.63) is 54.4 Å². The third-order valence-corrected chi connectivity index (χ3v) is 3.64. The molecule has 122 valence electrons. The van der Waals surface area contributed by atoms with Gasteiger partial charge in [0.1, 0.15) is 0 Å². The molecule has 0 radical (unpaired) electrons. The molecular formula is C18H24N4O. The van der Waals surface area contributed by atoms with Crippen LogP contribution in [0.15, 0.2) is 48.8 Å². The summed E-state index contributed by atoms with van der Waals surface area (Å²) in [5, 5.41) is 6.02. The molecule has 23 heavy (non-hydrogen) atoms. The fourth-order valence-electron chi connectivity index (χ4n) is 2.37. The van der Waals surface area contributed by atoms with E-state index in [1.54, 1.807) is 12.4 Å². The van der Waals surface area contributed by atoms with Crippen LogP contribution in [0.25, 0.3) is 0 Å². The van der Waals surface area contributed by atoms with Crippen LogP contribution in [0.5, 0.6) is 0 Å². The van der Waals surface area contributed by atoms with E-state index in [4.69, 9.17) is 0 Å². The van der Waals surface area contributed by atoms with Crippen LogP contribution in [0.3, 0.4) is 0 Å². The molecule has 1 amide bonds. The molecule has 1 aromatic carbocycles. The Hall–Kier alpha value is -2.40. The Morgan fingerprint density at radius 1 is 1.04 bits per heavy atom. The Bertz CT molecular complexity index is 594. The predicted molar refractivity (Wildman–Crippen MR) is 94.6 cm³/mol. The first kappa shape index (κ1) is 17.0. The lowest BCUT2D eigenvalue weighted by molar-refractivity contribution is -0.115. The zero-order valence-corrected chi connectivity index (χ0v) is 13.7. The first-order valence-corrected chi connectivity index (χ1v) is 7.97. The highest BCUT2D eigenvalue weighted by molar-refractivity contribution is 5.92. The highest BCUT2D eigenvalue weighted by Crippen LogP contribution is 2.17. The van der Waals surface area contributed by atoms with Crippen LogP contribution in [-0.4, -0.2) is 30.5 Å². The number of hydrogen-bond donors (Lipinski definition) is 2. The molecule has 0 spiro atoms. The van der Waals surface area contributed by atoms with E-state index >= 15 is 0 Å². The smallest absolute Gasteiger partial charge is 0.238 e. The second-order valence-electron chi connectivity index (χ2n) is 5.23. The van der Waals surface area contributed by atoms with Gasteiger partial charge in [-0.1, -0.05) is 0 Å². The van der Waals surface area contributed by atoms with Gasteiger partial charge in [0.2, 0.25) is 5.91 Å². The molecular weight excluding hydrogens is 288 g/mol. The van der Waals surface area contributed by atoms with Crippen molar-refractivity contribution in [2.75, 3.05) is 29.9 Å². The Kier molecular flexibility index (Phi) is 6.56. The summed E-state index contributed by atoms with van der Waals surface area (Å²) in [4.78, 5) is 18.2. The molecule has 1 heterocycles. The lowest BCUT2D eigenvalue weighted by Gasteiger charge is -2.21. The van der Waals surface area contributed by atoms with Gasteiger partial charge in [-0.3, -0.25) is 9.78 Å². The van der Waals surface area contributed by atoms with Crippen LogP contribution in [0, 0.1) is 0 Å². The maximum absolute atomic E-state index is 11.9. The molecule has 0 saturated carbocycles. The number of hydrogen-bond acceptors (Lipinski definition) is 4. The van der Waals surface area contributed by atoms with Crippen LogP contribution in [0.4, 0.5) is 11.4 Å². The summed E-state index contributed by atoms with van der Waals surface area (Å²) >= 11 is 0. The SMILES string of the molecule is CCN(CC)c1ccc(NC(=O)CNCc2ccncc2)cc1. The summed E-state index contributed by atoms with van der Waals surface area (Å²) in [5.41, 5.74) is 3.09. The molecule has 0 aliphatic rings. The molecule has 5 nitrogen and oxygen atoms in total. The maximum Gasteiger partial charge on any atom is 0.238 e. The van der Waals surface area contributed by atoms with Crippen molar-refractivity contribution in [1.82, 2.24) is 10.3 Å². The molecule has 2 rings (SSSR count). The number of carbonyl (C=O) groups excluding carboxylic acids is 1. The summed E-state index contributed by atoms with van der Waals surface area (Å²) in [6, 6.07) is 11.8. The number of carbonyl (C=O) groups is 1. The van der Waals surface area contributed by atoms with Gasteiger partial charge in [-0.25, -0.2) is 0 Å². The molecule has 5 heteroatoms. The lowest BCUT2D eigenvalue weighted by atomic mass is 10.2. The molecule has 0 unspecified atom stereocenters. The molecule has 0 bridgehead atoms. The Morgan fingerprint density at radius 3 is 2.30 bits per heavy atom. The van der Waals surface area contributed by atoms with Crippen molar-refractivity contribution in [2.24, 2.45) is 0 Å². The fourth-order valence-corrected chi connectivity index (χ4v) is 2.37. The molecule has 0 saturated heterocycles. The van der Waals surface area contributed by atoms with E-state index < -0.39 is 0 Å². The summed E-state index contributed by atoms with van der Waals surface area (Å²) in [6.45, 7) is 7.14. The standard InChI is InChI=1S/C18H24N4O/c1-3-22(4-2)17-7-5-16(6-8-17)21-18(23)14-20-13-15-9-11-19-12-10-15/h5-12,20H,3-4,13-14H2,1-2H3,(H,21,23). The molecule has 2 N–H and O–H groups in total. The van der Waals surface area contributed by atoms with Crippen molar-refractivity contribution in [3.8, 4) is 0 Å². The molecule has 0 atom stereocenters. The zero-order chi connectivity index (χ0) is 16.5. The van der Waals surface area contributed by atoms with Crippen LogP contribution >= 0.6 is 0 Å². The molecule has 2 aromatic rings. The number of rotatable bonds is 8. The zero-order valence-electron chi connectivity index (χ0n) is 13.7. The van der Waals surface area contributed by atoms with Gasteiger partial charge >= 0.3 is 0 Å². The van der Waals surface area contributed by atoms with Crippen LogP contribution in [0.2, 0.25) is 0 Å². The minimum atomic E-state index is -0.0466. The third kappa shape index (κ3) is 5.38. The van der Waals surface area contributed by atoms with Gasteiger partial charge in [0.25, 0.3) is 0 Å². The van der Waals surface area contributed by atoms with Gasteiger partial charge in [0.05, 0.1) is 6.54 Å². The second kappa shape index (κ2) is 8.90. The van der Waals surface area contributed by atoms with Crippen molar-refractivity contribution >= 4 is 17.3 Å². The van der Waals surface area contributed by atoms with Gasteiger partial charge in [0.15, 0.2) is 0 Å². The number of nitrogens with one attached hydrogen (secondary N) is 2. The number of aromatic nitrogens is 1. The Balaban J connectivity index is 1.78. The van der Waals surface area contributed by atoms with E-state index in [1.807, 2.05) is 36.4 Å². The van der Waals surface area contributed by atoms with Gasteiger partial charge in [0, 0.05) is 43.4 Å². The highest BCUT2D eigenvalue weighted by Gasteiger charge is 2.04. The van der Waals surface area contributed by atoms with Crippen molar-refractivity contribution in [1.29, 1.82) is 0 Å². The maximum atomic E-state index is 11.9. The number of nitrogens with zero attached hydrogens (tertiary/aromatic N) is 2. The van der Waals surface area contributed by atoms with Crippen LogP contribution in [-0.2, 0) is 11.3 Å². The molecule has 0 fully saturated rings. The minimum Gasteiger partial charge on any atom is -0.372 e. The number of amides is 1. The van der Waals surface area contributed by atoms with E-state index in [1.165, 1.54) is 5.69 Å². The quantitative estimate of drug-likeness (QED) is 0.787. The normalized spacial score (nSPS) is 10.3. The summed E-state index contributed by atoms with van der Waals surface area (Å²) in [5.74, 6) is -0.0466. The van der Waals surface area contributed by atoms with Crippen molar-refractivity contribution < 1.29 is 4.79 Å². The third-order valence-electron chi connectivity index (χ3n) is 3.64. The number of anilines is 2. The van der Waals surface area contributed by atoms with Gasteiger partial charge < -0.3 is 15.5 Å². The summed E-state index contributed by atoms with van der Waals surface area (Å²) in [7, 11) is 0. The fraction of sp³-hybridized carbons (Fsp3) is 0.333. The topological polar surface area (TPSA) is 57.3 Å². The van der Waals surface area contributed by atoms with Gasteiger partial charge in [-0.2, -0.15) is 0 Å². The van der Waals surface area contributed by atoms with E-state index in [-0.39, 0.29) is 12.5 Å². The second-order valence-corrected chi connectivity index (χ2v) is 5.23. The summed E-state index contributed by atoms with van der Waals surface area (Å²) < 4.78 is 0. The Labute approximate surface area is 137 Å². The minimum absolute atomic E-state index is 0.0466. The average molecular weight is 312 g/mol. The first-order chi connectivity index (χ1) is 11.2. The average Bonchev–Trinajstić information content (AvgIpc) is 2.58. The highest BCUT2D eigenvalue weighted by atomic mass is 16.1. The van der Waals surface area contributed by atoms with Crippen LogP contribution < -0.4 is 15.5 Å². The van der Waals surface area contributed by atoms with E-state index in [0.717, 1.165) is 24.3 Å². The predicted octanol–water partition coefficient (Wildman–Crippen LogP) is 2.66. The van der Waals surface area contributed by atoms with E-state index in [2.05, 4.69) is 34.4 Å². The lowest BCUT2D eigenvalue weighted by Crippen LogP contribution is -2.27. The Morgan fingerprint density at radius 2 is 1.70 bits per heavy atom. The summed E-state index contributed by atoms with van der Waals surface area (Å²) in [6.07, 6.45) is 3.49. The number of benzene rings is 1. The molecule has 0 aliphatic carbocycles. The van der Waals surface area contributed by atoms with Gasteiger partial charge in [-0.15, -0.1) is 0 Å². The van der Waals surface area contributed by atoms with Crippen molar-refractivity contribution in [2.45, 2.75) is 20.4 Å². The van der Waals surface area contributed by atoms with Gasteiger partial charge in [-0.05, 0) is 55.8 Å². The van der Waals surface area contributed by atoms with E-state index in [9.17, 15) is 4.79 Å².